The van der Waals surface area contributed by atoms with Crippen molar-refractivity contribution in [3.05, 3.63) is 90.0 Å². The number of benzene rings is 2. The van der Waals surface area contributed by atoms with E-state index in [2.05, 4.69) is 68.1 Å². The Morgan fingerprint density at radius 2 is 0.989 bits per heavy atom. The number of aliphatic imine (C=N–C) groups is 1. The molecule has 1 saturated heterocycles. The number of aromatic amines is 1. The minimum Gasteiger partial charge on any atom is -0.481 e. The SMILES string of the molecule is CC(C)C[C@@H](NC(=O)[C@H](Cc1ccccc1)NC(=O)[C@@H](NC(=O)[C@@H](Cc1cnc[nH]1)NC(=O)[C@H](CC(=O)O)NC(=O)[C@@H](NC(=O)[C@H](CC(=O)O)NC(=O)[C@@H]1CCC(=O)N1)C(C)C)C(C)C)C(=O)N[C@@H](CCCN=C(N)N)C(=O)N[C@H](Cc1ccccc1)C(N)=O. The molecule has 4 rings (SSSR count). The molecule has 1 fully saturated rings. The average molecular weight is 1260 g/mol. The first-order valence-corrected chi connectivity index (χ1v) is 29.4. The van der Waals surface area contributed by atoms with Crippen LogP contribution >= 0.6 is 0 Å². The number of carbonyl (C=O) groups is 13. The number of H-pyrrole nitrogens is 1. The Morgan fingerprint density at radius 1 is 0.556 bits per heavy atom. The smallest absolute Gasteiger partial charge is 0.305 e. The summed E-state index contributed by atoms with van der Waals surface area (Å²) in [7, 11) is 0. The third kappa shape index (κ3) is 24.7. The van der Waals surface area contributed by atoms with Crippen molar-refractivity contribution in [1.82, 2.24) is 63.1 Å². The molecule has 2 aromatic carbocycles. The van der Waals surface area contributed by atoms with Gasteiger partial charge in [0.15, 0.2) is 5.96 Å². The number of nitrogens with two attached hydrogens (primary N) is 3. The highest BCUT2D eigenvalue weighted by Gasteiger charge is 2.39. The summed E-state index contributed by atoms with van der Waals surface area (Å²) in [5.41, 5.74) is 18.3. The number of carboxylic acid groups (broad SMARTS) is 2. The highest BCUT2D eigenvalue weighted by molar-refractivity contribution is 6.00. The van der Waals surface area contributed by atoms with Gasteiger partial charge in [-0.25, -0.2) is 4.98 Å². The molecule has 490 valence electrons. The van der Waals surface area contributed by atoms with Gasteiger partial charge in [0, 0.05) is 44.1 Å². The molecule has 1 aromatic heterocycles. The lowest BCUT2D eigenvalue weighted by Crippen LogP contribution is -2.62. The van der Waals surface area contributed by atoms with E-state index in [9.17, 15) is 72.5 Å². The number of carbonyl (C=O) groups excluding carboxylic acids is 11. The van der Waals surface area contributed by atoms with Crippen LogP contribution in [-0.2, 0) is 81.6 Å². The number of carboxylic acids is 2. The van der Waals surface area contributed by atoms with Crippen molar-refractivity contribution in [1.29, 1.82) is 0 Å². The Kier molecular flexibility index (Phi) is 28.8. The minimum absolute atomic E-state index is 0.0167. The topological polar surface area (TPSA) is 502 Å². The molecule has 0 aliphatic carbocycles. The summed E-state index contributed by atoms with van der Waals surface area (Å²) in [6, 6.07) is 2.67. The van der Waals surface area contributed by atoms with Gasteiger partial charge in [-0.1, -0.05) is 102 Å². The molecule has 0 saturated carbocycles. The monoisotopic (exact) mass is 1260 g/mol. The van der Waals surface area contributed by atoms with Crippen LogP contribution in [-0.4, -0.2) is 170 Å². The number of hydrogen-bond donors (Lipinski definition) is 16. The van der Waals surface area contributed by atoms with E-state index in [0.717, 1.165) is 0 Å². The molecule has 11 amide bonds. The molecular weight excluding hydrogens is 1170 g/mol. The molecule has 19 N–H and O–H groups in total. The number of imidazole rings is 1. The number of aromatic nitrogens is 2. The molecule has 0 radical (unpaired) electrons. The zero-order valence-electron chi connectivity index (χ0n) is 51.0. The molecule has 0 spiro atoms. The number of hydrogen-bond acceptors (Lipinski definition) is 15. The lowest BCUT2D eigenvalue weighted by atomic mass is 9.98. The van der Waals surface area contributed by atoms with Gasteiger partial charge in [-0.05, 0) is 54.6 Å². The molecule has 10 atom stereocenters. The lowest BCUT2D eigenvalue weighted by molar-refractivity contribution is -0.142. The number of nitrogens with one attached hydrogen (secondary N) is 11. The van der Waals surface area contributed by atoms with E-state index in [0.29, 0.717) is 11.1 Å². The molecule has 3 aromatic rings. The number of primary amides is 1. The fraction of sp³-hybridized carbons (Fsp3) is 0.508. The van der Waals surface area contributed by atoms with Gasteiger partial charge in [-0.15, -0.1) is 0 Å². The van der Waals surface area contributed by atoms with Crippen molar-refractivity contribution in [2.45, 2.75) is 166 Å². The Labute approximate surface area is 519 Å². The molecule has 31 nitrogen and oxygen atoms in total. The second-order valence-corrected chi connectivity index (χ2v) is 22.9. The van der Waals surface area contributed by atoms with E-state index in [4.69, 9.17) is 17.2 Å². The predicted octanol–water partition coefficient (Wildman–Crippen LogP) is -3.07. The standard InChI is InChI=1S/C59H84N16O15/c1-30(2)22-39(52(84)67-36(18-13-21-64-59(61)62)50(82)68-38(49(60)81)23-33-14-9-7-10-15-33)69-53(85)40(24-34-16-11-8-12-17-34)72-57(89)47(31(3)4)74-55(87)41(25-35-28-63-29-65-35)70-54(86)42(26-45(77)78)73-58(90)48(32(5)6)75-56(88)43(27-46(79)80)71-51(83)37-19-20-44(76)66-37/h7-12,14-17,28-32,36-43,47-48H,13,18-27H2,1-6H3,(H2,60,81)(H,63,65)(H,66,76)(H,67,84)(H,68,82)(H,69,85)(H,70,86)(H,71,83)(H,72,89)(H,73,90)(H,74,87)(H,75,88)(H,77,78)(H,79,80)(H4,61,62,64)/t36-,37-,38+,39+,40-,41+,42-,43-,47-,48-/m0/s1. The van der Waals surface area contributed by atoms with Gasteiger partial charge in [0.25, 0.3) is 0 Å². The van der Waals surface area contributed by atoms with Gasteiger partial charge in [0.2, 0.25) is 65.0 Å². The maximum absolute atomic E-state index is 14.6. The third-order valence-electron chi connectivity index (χ3n) is 14.2. The summed E-state index contributed by atoms with van der Waals surface area (Å²) in [6.07, 6.45) is 0.439. The summed E-state index contributed by atoms with van der Waals surface area (Å²) in [5.74, 6) is -14.9. The largest absolute Gasteiger partial charge is 0.481 e. The zero-order chi connectivity index (χ0) is 66.8. The van der Waals surface area contributed by atoms with Crippen molar-refractivity contribution < 1.29 is 72.5 Å². The van der Waals surface area contributed by atoms with Crippen LogP contribution in [0, 0.1) is 17.8 Å². The van der Waals surface area contributed by atoms with Gasteiger partial charge >= 0.3 is 11.9 Å². The van der Waals surface area contributed by atoms with E-state index in [1.54, 1.807) is 88.4 Å². The molecule has 0 bridgehead atoms. The van der Waals surface area contributed by atoms with Crippen LogP contribution in [0.15, 0.2) is 78.2 Å². The second kappa shape index (κ2) is 35.7. The van der Waals surface area contributed by atoms with E-state index < -0.39 is 162 Å². The van der Waals surface area contributed by atoms with Crippen molar-refractivity contribution >= 4 is 82.9 Å². The lowest BCUT2D eigenvalue weighted by Gasteiger charge is -2.29. The van der Waals surface area contributed by atoms with Gasteiger partial charge in [-0.2, -0.15) is 0 Å². The van der Waals surface area contributed by atoms with Gasteiger partial charge in [0.1, 0.15) is 60.4 Å². The van der Waals surface area contributed by atoms with Crippen LogP contribution in [0.5, 0.6) is 0 Å². The van der Waals surface area contributed by atoms with Crippen molar-refractivity contribution in [2.24, 2.45) is 39.9 Å². The average Bonchev–Trinajstić information content (AvgIpc) is 2.08. The number of guanidine groups is 1. The van der Waals surface area contributed by atoms with E-state index in [1.807, 2.05) is 0 Å². The maximum Gasteiger partial charge on any atom is 0.305 e. The van der Waals surface area contributed by atoms with Crippen LogP contribution < -0.4 is 70.4 Å². The highest BCUT2D eigenvalue weighted by Crippen LogP contribution is 2.15. The Balaban J connectivity index is 1.58. The predicted molar refractivity (Wildman–Crippen MR) is 324 cm³/mol. The van der Waals surface area contributed by atoms with Gasteiger partial charge < -0.3 is 85.6 Å². The number of rotatable bonds is 37. The molecule has 90 heavy (non-hydrogen) atoms. The van der Waals surface area contributed by atoms with Gasteiger partial charge in [-0.3, -0.25) is 67.3 Å². The van der Waals surface area contributed by atoms with Crippen molar-refractivity contribution in [3.8, 4) is 0 Å². The quantitative estimate of drug-likeness (QED) is 0.0155. The summed E-state index contributed by atoms with van der Waals surface area (Å²) < 4.78 is 0. The van der Waals surface area contributed by atoms with Gasteiger partial charge in [0.05, 0.1) is 19.2 Å². The summed E-state index contributed by atoms with van der Waals surface area (Å²) in [4.78, 5) is 186. The van der Waals surface area contributed by atoms with Crippen LogP contribution in [0.2, 0.25) is 0 Å². The second-order valence-electron chi connectivity index (χ2n) is 22.9. The molecule has 1 aliphatic heterocycles. The zero-order valence-corrected chi connectivity index (χ0v) is 51.0. The highest BCUT2D eigenvalue weighted by atomic mass is 16.4. The first-order valence-electron chi connectivity index (χ1n) is 29.4. The third-order valence-corrected chi connectivity index (χ3v) is 14.2. The van der Waals surface area contributed by atoms with E-state index >= 15 is 0 Å². The van der Waals surface area contributed by atoms with Crippen molar-refractivity contribution in [2.75, 3.05) is 6.54 Å². The Morgan fingerprint density at radius 3 is 1.47 bits per heavy atom. The molecule has 0 unspecified atom stereocenters. The maximum atomic E-state index is 14.6. The number of amides is 11. The van der Waals surface area contributed by atoms with Crippen LogP contribution in [0.4, 0.5) is 0 Å². The summed E-state index contributed by atoms with van der Waals surface area (Å²) in [6.45, 7) is 9.75. The summed E-state index contributed by atoms with van der Waals surface area (Å²) >= 11 is 0. The number of aliphatic carboxylic acids is 2. The molecule has 2 heterocycles. The van der Waals surface area contributed by atoms with E-state index in [-0.39, 0.29) is 75.5 Å². The van der Waals surface area contributed by atoms with E-state index in [1.165, 1.54) is 26.4 Å². The first-order chi connectivity index (χ1) is 42.5. The normalized spacial score (nSPS) is 15.7. The Bertz CT molecular complexity index is 3010. The Hall–Kier alpha value is -9.97. The van der Waals surface area contributed by atoms with Crippen molar-refractivity contribution in [3.63, 3.8) is 0 Å². The first kappa shape index (κ1) is 72.5. The van der Waals surface area contributed by atoms with Crippen LogP contribution in [0.1, 0.15) is 103 Å². The fourth-order valence-electron chi connectivity index (χ4n) is 9.47. The van der Waals surface area contributed by atoms with Crippen LogP contribution in [0.3, 0.4) is 0 Å². The molecule has 31 heteroatoms. The number of nitrogens with zero attached hydrogens (tertiary/aromatic N) is 2. The summed E-state index contributed by atoms with van der Waals surface area (Å²) in [5, 5.41) is 44.7. The van der Waals surface area contributed by atoms with Crippen LogP contribution in [0.25, 0.3) is 0 Å². The fourth-order valence-corrected chi connectivity index (χ4v) is 9.47. The molecule has 1 aliphatic rings. The minimum atomic E-state index is -1.94. The molecular formula is C59H84N16O15.